The largest absolute Gasteiger partial charge is 0.459 e. The molecule has 1 heterocycles. The van der Waals surface area contributed by atoms with E-state index in [0.29, 0.717) is 36.4 Å². The van der Waals surface area contributed by atoms with Gasteiger partial charge in [-0.1, -0.05) is 70.1 Å². The lowest BCUT2D eigenvalue weighted by Gasteiger charge is -2.13. The van der Waals surface area contributed by atoms with Crippen molar-refractivity contribution in [2.75, 3.05) is 0 Å². The molecule has 1 aromatic heterocycles. The van der Waals surface area contributed by atoms with Gasteiger partial charge in [-0.25, -0.2) is 4.98 Å². The first kappa shape index (κ1) is 22.2. The van der Waals surface area contributed by atoms with E-state index in [1.54, 1.807) is 48.7 Å². The van der Waals surface area contributed by atoms with Gasteiger partial charge in [-0.05, 0) is 59.7 Å². The van der Waals surface area contributed by atoms with Gasteiger partial charge >= 0.3 is 6.01 Å². The number of ether oxygens (including phenoxy) is 1. The Balaban J connectivity index is 1.74. The van der Waals surface area contributed by atoms with Crippen molar-refractivity contribution in [3.05, 3.63) is 97.5 Å². The molecule has 0 atom stereocenters. The third-order valence-corrected chi connectivity index (χ3v) is 5.63. The van der Waals surface area contributed by atoms with Crippen molar-refractivity contribution in [1.82, 2.24) is 9.97 Å². The van der Waals surface area contributed by atoms with Crippen LogP contribution in [0, 0.1) is 0 Å². The van der Waals surface area contributed by atoms with E-state index in [9.17, 15) is 0 Å². The van der Waals surface area contributed by atoms with E-state index in [4.69, 9.17) is 62.7 Å². The topological polar surface area (TPSA) is 35.0 Å². The van der Waals surface area contributed by atoms with Crippen LogP contribution in [-0.4, -0.2) is 9.97 Å². The van der Waals surface area contributed by atoms with Crippen LogP contribution < -0.4 is 4.74 Å². The summed E-state index contributed by atoms with van der Waals surface area (Å²) in [5, 5.41) is 2.69. The Morgan fingerprint density at radius 3 is 2.03 bits per heavy atom. The van der Waals surface area contributed by atoms with Gasteiger partial charge in [0.25, 0.3) is 0 Å². The fraction of sp³-hybridized carbons (Fsp3) is 0.0435. The Labute approximate surface area is 204 Å². The Kier molecular flexibility index (Phi) is 6.90. The normalized spacial score (nSPS) is 10.9. The van der Waals surface area contributed by atoms with Gasteiger partial charge in [-0.15, -0.1) is 0 Å². The van der Waals surface area contributed by atoms with Crippen LogP contribution in [0.4, 0.5) is 0 Å². The molecule has 0 aliphatic heterocycles. The van der Waals surface area contributed by atoms with Crippen molar-refractivity contribution in [2.45, 2.75) is 6.61 Å². The Hall–Kier alpha value is -2.01. The highest BCUT2D eigenvalue weighted by molar-refractivity contribution is 6.36. The van der Waals surface area contributed by atoms with E-state index in [0.717, 1.165) is 16.7 Å². The minimum Gasteiger partial charge on any atom is -0.459 e. The fourth-order valence-corrected chi connectivity index (χ4v) is 4.20. The van der Waals surface area contributed by atoms with E-state index in [2.05, 4.69) is 9.97 Å². The number of nitrogens with zero attached hydrogens (tertiary/aromatic N) is 2. The molecule has 0 N–H and O–H groups in total. The standard InChI is InChI=1S/C23H13Cl5N2O/c24-15-3-1-14(2-4-15)20-11-29-23(31-12-13-7-17(26)9-18(27)8-13)30-22(20)19-6-5-16(25)10-21(19)28/h1-11H,12H2. The summed E-state index contributed by atoms with van der Waals surface area (Å²) < 4.78 is 5.81. The molecular weight excluding hydrogens is 498 g/mol. The first-order valence-corrected chi connectivity index (χ1v) is 10.9. The molecule has 0 saturated heterocycles. The zero-order valence-electron chi connectivity index (χ0n) is 15.8. The zero-order valence-corrected chi connectivity index (χ0v) is 19.5. The number of rotatable bonds is 5. The van der Waals surface area contributed by atoms with E-state index in [1.807, 2.05) is 18.2 Å². The van der Waals surface area contributed by atoms with Gasteiger partial charge < -0.3 is 4.74 Å². The molecule has 0 aliphatic rings. The maximum atomic E-state index is 6.47. The molecule has 0 bridgehead atoms. The highest BCUT2D eigenvalue weighted by atomic mass is 35.5. The molecule has 0 saturated carbocycles. The molecule has 0 fully saturated rings. The smallest absolute Gasteiger partial charge is 0.317 e. The Morgan fingerprint density at radius 2 is 1.35 bits per heavy atom. The molecule has 0 amide bonds. The summed E-state index contributed by atoms with van der Waals surface area (Å²) in [5.74, 6) is 0. The molecule has 3 nitrogen and oxygen atoms in total. The fourth-order valence-electron chi connectivity index (χ4n) is 3.00. The van der Waals surface area contributed by atoms with Gasteiger partial charge in [0, 0.05) is 37.4 Å². The molecule has 0 spiro atoms. The lowest BCUT2D eigenvalue weighted by molar-refractivity contribution is 0.281. The summed E-state index contributed by atoms with van der Waals surface area (Å²) in [4.78, 5) is 9.00. The van der Waals surface area contributed by atoms with Gasteiger partial charge in [0.05, 0.1) is 10.7 Å². The molecule has 0 unspecified atom stereocenters. The van der Waals surface area contributed by atoms with Crippen LogP contribution >= 0.6 is 58.0 Å². The van der Waals surface area contributed by atoms with Crippen LogP contribution in [0.25, 0.3) is 22.4 Å². The van der Waals surface area contributed by atoms with Crippen molar-refractivity contribution < 1.29 is 4.74 Å². The van der Waals surface area contributed by atoms with Crippen molar-refractivity contribution >= 4 is 58.0 Å². The van der Waals surface area contributed by atoms with E-state index >= 15 is 0 Å². The number of hydrogen-bond acceptors (Lipinski definition) is 3. The number of halogens is 5. The average Bonchev–Trinajstić information content (AvgIpc) is 2.72. The molecule has 4 rings (SSSR count). The van der Waals surface area contributed by atoms with Crippen molar-refractivity contribution in [3.8, 4) is 28.4 Å². The molecule has 31 heavy (non-hydrogen) atoms. The third kappa shape index (κ3) is 5.43. The van der Waals surface area contributed by atoms with Gasteiger partial charge in [0.15, 0.2) is 0 Å². The first-order chi connectivity index (χ1) is 14.9. The lowest BCUT2D eigenvalue weighted by Crippen LogP contribution is -2.02. The minimum absolute atomic E-state index is 0.190. The monoisotopic (exact) mass is 508 g/mol. The van der Waals surface area contributed by atoms with Crippen LogP contribution in [0.1, 0.15) is 5.56 Å². The van der Waals surface area contributed by atoms with Crippen molar-refractivity contribution in [3.63, 3.8) is 0 Å². The van der Waals surface area contributed by atoms with Gasteiger partial charge in [0.2, 0.25) is 0 Å². The molecule has 0 aliphatic carbocycles. The van der Waals surface area contributed by atoms with Crippen molar-refractivity contribution in [2.24, 2.45) is 0 Å². The molecule has 4 aromatic rings. The molecule has 156 valence electrons. The van der Waals surface area contributed by atoms with E-state index in [-0.39, 0.29) is 12.6 Å². The second kappa shape index (κ2) is 9.64. The molecule has 0 radical (unpaired) electrons. The van der Waals surface area contributed by atoms with Gasteiger partial charge in [0.1, 0.15) is 6.61 Å². The van der Waals surface area contributed by atoms with Crippen LogP contribution in [0.5, 0.6) is 6.01 Å². The predicted molar refractivity (Wildman–Crippen MR) is 129 cm³/mol. The summed E-state index contributed by atoms with van der Waals surface area (Å²) in [6, 6.07) is 18.0. The highest BCUT2D eigenvalue weighted by Crippen LogP contribution is 2.36. The number of aromatic nitrogens is 2. The summed E-state index contributed by atoms with van der Waals surface area (Å²) in [5.41, 5.74) is 3.78. The maximum Gasteiger partial charge on any atom is 0.317 e. The second-order valence-corrected chi connectivity index (χ2v) is 8.77. The van der Waals surface area contributed by atoms with Crippen LogP contribution in [0.3, 0.4) is 0 Å². The summed E-state index contributed by atoms with van der Waals surface area (Å²) in [6.07, 6.45) is 1.69. The van der Waals surface area contributed by atoms with E-state index in [1.165, 1.54) is 0 Å². The Morgan fingerprint density at radius 1 is 0.677 bits per heavy atom. The summed E-state index contributed by atoms with van der Waals surface area (Å²) in [6.45, 7) is 0.203. The molecular formula is C23H13Cl5N2O. The van der Waals surface area contributed by atoms with Crippen molar-refractivity contribution in [1.29, 1.82) is 0 Å². The van der Waals surface area contributed by atoms with Crippen LogP contribution in [0.15, 0.2) is 66.9 Å². The van der Waals surface area contributed by atoms with Gasteiger partial charge in [-0.2, -0.15) is 4.98 Å². The van der Waals surface area contributed by atoms with Crippen LogP contribution in [0.2, 0.25) is 25.1 Å². The van der Waals surface area contributed by atoms with Gasteiger partial charge in [-0.3, -0.25) is 0 Å². The summed E-state index contributed by atoms with van der Waals surface area (Å²) >= 11 is 30.7. The first-order valence-electron chi connectivity index (χ1n) is 9.05. The number of hydrogen-bond donors (Lipinski definition) is 0. The summed E-state index contributed by atoms with van der Waals surface area (Å²) in [7, 11) is 0. The SMILES string of the molecule is Clc1ccc(-c2cnc(OCc3cc(Cl)cc(Cl)c3)nc2-c2ccc(Cl)cc2Cl)cc1. The molecule has 3 aromatic carbocycles. The molecule has 8 heteroatoms. The van der Waals surface area contributed by atoms with Crippen LogP contribution in [-0.2, 0) is 6.61 Å². The quantitative estimate of drug-likeness (QED) is 0.269. The minimum atomic E-state index is 0.190. The Bertz CT molecular complexity index is 1230. The lowest BCUT2D eigenvalue weighted by atomic mass is 10.0. The third-order valence-electron chi connectivity index (χ3n) is 4.40. The average molecular weight is 511 g/mol. The number of benzene rings is 3. The maximum absolute atomic E-state index is 6.47. The predicted octanol–water partition coefficient (Wildman–Crippen LogP) is 8.66. The highest BCUT2D eigenvalue weighted by Gasteiger charge is 2.16. The second-order valence-electron chi connectivity index (χ2n) is 6.61. The van der Waals surface area contributed by atoms with E-state index < -0.39 is 0 Å². The zero-order chi connectivity index (χ0) is 22.0.